The molecular weight excluding hydrogens is 204 g/mol. The number of aromatic nitrogens is 2. The molecule has 0 saturated carbocycles. The molecule has 2 aromatic rings. The fraction of sp³-hybridized carbons (Fsp3) is 0.167. The number of methoxy groups -OCH3 is 1. The van der Waals surface area contributed by atoms with Gasteiger partial charge in [-0.3, -0.25) is 0 Å². The van der Waals surface area contributed by atoms with Gasteiger partial charge in [-0.1, -0.05) is 17.7 Å². The van der Waals surface area contributed by atoms with E-state index in [4.69, 9.17) is 9.47 Å². The summed E-state index contributed by atoms with van der Waals surface area (Å²) >= 11 is 0. The third-order valence-corrected chi connectivity index (χ3v) is 2.07. The molecule has 0 amide bonds. The van der Waals surface area contributed by atoms with Crippen LogP contribution in [0.4, 0.5) is 0 Å². The van der Waals surface area contributed by atoms with Crippen LogP contribution in [0.15, 0.2) is 36.7 Å². The summed E-state index contributed by atoms with van der Waals surface area (Å²) in [7, 11) is 1.55. The second-order valence-corrected chi connectivity index (χ2v) is 3.31. The molecule has 0 aliphatic heterocycles. The lowest BCUT2D eigenvalue weighted by Crippen LogP contribution is -1.92. The fourth-order valence-electron chi connectivity index (χ4n) is 1.22. The lowest BCUT2D eigenvalue weighted by molar-refractivity contribution is 0.388. The van der Waals surface area contributed by atoms with Crippen LogP contribution in [0, 0.1) is 6.92 Å². The van der Waals surface area contributed by atoms with Crippen molar-refractivity contribution in [2.24, 2.45) is 0 Å². The molecule has 1 aromatic heterocycles. The van der Waals surface area contributed by atoms with Crippen LogP contribution in [0.5, 0.6) is 17.5 Å². The van der Waals surface area contributed by atoms with Crippen LogP contribution in [0.1, 0.15) is 5.56 Å². The summed E-state index contributed by atoms with van der Waals surface area (Å²) < 4.78 is 10.5. The highest BCUT2D eigenvalue weighted by Gasteiger charge is 2.00. The van der Waals surface area contributed by atoms with E-state index < -0.39 is 0 Å². The molecule has 0 N–H and O–H groups in total. The molecule has 1 heterocycles. The normalized spacial score (nSPS) is 9.88. The minimum absolute atomic E-state index is 0.468. The van der Waals surface area contributed by atoms with Crippen molar-refractivity contribution in [1.29, 1.82) is 0 Å². The van der Waals surface area contributed by atoms with Crippen LogP contribution in [0.2, 0.25) is 0 Å². The SMILES string of the molecule is COc1cc(Oc2ccc(C)cc2)ncn1. The Morgan fingerprint density at radius 2 is 1.69 bits per heavy atom. The maximum atomic E-state index is 5.54. The minimum Gasteiger partial charge on any atom is -0.481 e. The highest BCUT2D eigenvalue weighted by atomic mass is 16.5. The maximum absolute atomic E-state index is 5.54. The monoisotopic (exact) mass is 216 g/mol. The van der Waals surface area contributed by atoms with Gasteiger partial charge in [0.15, 0.2) is 0 Å². The molecule has 0 bridgehead atoms. The van der Waals surface area contributed by atoms with Gasteiger partial charge in [-0.2, -0.15) is 0 Å². The average molecular weight is 216 g/mol. The third-order valence-electron chi connectivity index (χ3n) is 2.07. The minimum atomic E-state index is 0.468. The number of hydrogen-bond donors (Lipinski definition) is 0. The first-order chi connectivity index (χ1) is 7.78. The molecule has 4 heteroatoms. The Kier molecular flexibility index (Phi) is 3.00. The second-order valence-electron chi connectivity index (χ2n) is 3.31. The number of benzene rings is 1. The van der Waals surface area contributed by atoms with Crippen molar-refractivity contribution in [2.45, 2.75) is 6.92 Å². The van der Waals surface area contributed by atoms with Crippen molar-refractivity contribution in [3.8, 4) is 17.5 Å². The largest absolute Gasteiger partial charge is 0.481 e. The molecule has 4 nitrogen and oxygen atoms in total. The van der Waals surface area contributed by atoms with Crippen LogP contribution in [0.25, 0.3) is 0 Å². The maximum Gasteiger partial charge on any atom is 0.226 e. The molecule has 0 radical (unpaired) electrons. The predicted octanol–water partition coefficient (Wildman–Crippen LogP) is 2.59. The number of hydrogen-bond acceptors (Lipinski definition) is 4. The molecule has 0 spiro atoms. The van der Waals surface area contributed by atoms with Gasteiger partial charge in [-0.15, -0.1) is 0 Å². The molecule has 1 aromatic carbocycles. The Morgan fingerprint density at radius 3 is 2.38 bits per heavy atom. The standard InChI is InChI=1S/C12H12N2O2/c1-9-3-5-10(6-4-9)16-12-7-11(15-2)13-8-14-12/h3-8H,1-2H3. The van der Waals surface area contributed by atoms with Gasteiger partial charge in [0.25, 0.3) is 0 Å². The van der Waals surface area contributed by atoms with E-state index in [0.717, 1.165) is 5.75 Å². The van der Waals surface area contributed by atoms with Crippen molar-refractivity contribution in [2.75, 3.05) is 7.11 Å². The zero-order valence-corrected chi connectivity index (χ0v) is 9.18. The number of nitrogens with zero attached hydrogens (tertiary/aromatic N) is 2. The third kappa shape index (κ3) is 2.48. The Labute approximate surface area is 93.9 Å². The van der Waals surface area contributed by atoms with E-state index >= 15 is 0 Å². The molecule has 0 fully saturated rings. The zero-order valence-electron chi connectivity index (χ0n) is 9.18. The first-order valence-electron chi connectivity index (χ1n) is 4.88. The predicted molar refractivity (Wildman–Crippen MR) is 59.8 cm³/mol. The molecule has 82 valence electrons. The van der Waals surface area contributed by atoms with Gasteiger partial charge < -0.3 is 9.47 Å². The average Bonchev–Trinajstić information content (AvgIpc) is 2.32. The lowest BCUT2D eigenvalue weighted by atomic mass is 10.2. The summed E-state index contributed by atoms with van der Waals surface area (Å²) in [5.41, 5.74) is 1.19. The second kappa shape index (κ2) is 4.61. The van der Waals surface area contributed by atoms with Crippen LogP contribution >= 0.6 is 0 Å². The Bertz CT molecular complexity index is 469. The van der Waals surface area contributed by atoms with E-state index in [-0.39, 0.29) is 0 Å². The lowest BCUT2D eigenvalue weighted by Gasteiger charge is -2.05. The van der Waals surface area contributed by atoms with Crippen LogP contribution in [-0.2, 0) is 0 Å². The topological polar surface area (TPSA) is 44.2 Å². The zero-order chi connectivity index (χ0) is 11.4. The Balaban J connectivity index is 2.16. The van der Waals surface area contributed by atoms with Crippen molar-refractivity contribution in [1.82, 2.24) is 9.97 Å². The number of ether oxygens (including phenoxy) is 2. The molecule has 2 rings (SSSR count). The van der Waals surface area contributed by atoms with E-state index in [1.54, 1.807) is 13.2 Å². The summed E-state index contributed by atoms with van der Waals surface area (Å²) in [6.45, 7) is 2.03. The van der Waals surface area contributed by atoms with Gasteiger partial charge in [0.2, 0.25) is 11.8 Å². The number of rotatable bonds is 3. The molecular formula is C12H12N2O2. The fourth-order valence-corrected chi connectivity index (χ4v) is 1.22. The van der Waals surface area contributed by atoms with Gasteiger partial charge in [0.1, 0.15) is 12.1 Å². The summed E-state index contributed by atoms with van der Waals surface area (Å²) in [6.07, 6.45) is 1.41. The van der Waals surface area contributed by atoms with E-state index in [2.05, 4.69) is 9.97 Å². The first-order valence-corrected chi connectivity index (χ1v) is 4.88. The molecule has 0 unspecified atom stereocenters. The van der Waals surface area contributed by atoms with Gasteiger partial charge in [-0.25, -0.2) is 9.97 Å². The summed E-state index contributed by atoms with van der Waals surface area (Å²) in [4.78, 5) is 7.89. The van der Waals surface area contributed by atoms with E-state index in [1.165, 1.54) is 11.9 Å². The first kappa shape index (κ1) is 10.4. The summed E-state index contributed by atoms with van der Waals surface area (Å²) in [5, 5.41) is 0. The molecule has 16 heavy (non-hydrogen) atoms. The Hall–Kier alpha value is -2.10. The molecule has 0 saturated heterocycles. The molecule has 0 aliphatic carbocycles. The van der Waals surface area contributed by atoms with Crippen LogP contribution < -0.4 is 9.47 Å². The quantitative estimate of drug-likeness (QED) is 0.791. The highest BCUT2D eigenvalue weighted by molar-refractivity contribution is 5.30. The Morgan fingerprint density at radius 1 is 1.00 bits per heavy atom. The van der Waals surface area contributed by atoms with Crippen molar-refractivity contribution in [3.05, 3.63) is 42.2 Å². The molecule has 0 atom stereocenters. The van der Waals surface area contributed by atoms with E-state index in [9.17, 15) is 0 Å². The van der Waals surface area contributed by atoms with E-state index in [1.807, 2.05) is 31.2 Å². The summed E-state index contributed by atoms with van der Waals surface area (Å²) in [5.74, 6) is 1.69. The smallest absolute Gasteiger partial charge is 0.226 e. The van der Waals surface area contributed by atoms with Crippen molar-refractivity contribution < 1.29 is 9.47 Å². The van der Waals surface area contributed by atoms with Crippen LogP contribution in [-0.4, -0.2) is 17.1 Å². The van der Waals surface area contributed by atoms with Gasteiger partial charge in [0, 0.05) is 0 Å². The van der Waals surface area contributed by atoms with Gasteiger partial charge >= 0.3 is 0 Å². The van der Waals surface area contributed by atoms with E-state index in [0.29, 0.717) is 11.8 Å². The van der Waals surface area contributed by atoms with Crippen LogP contribution in [0.3, 0.4) is 0 Å². The van der Waals surface area contributed by atoms with Gasteiger partial charge in [-0.05, 0) is 19.1 Å². The highest BCUT2D eigenvalue weighted by Crippen LogP contribution is 2.21. The van der Waals surface area contributed by atoms with Gasteiger partial charge in [0.05, 0.1) is 13.2 Å². The van der Waals surface area contributed by atoms with Crippen molar-refractivity contribution >= 4 is 0 Å². The van der Waals surface area contributed by atoms with Crippen molar-refractivity contribution in [3.63, 3.8) is 0 Å². The number of aryl methyl sites for hydroxylation is 1. The molecule has 0 aliphatic rings. The summed E-state index contributed by atoms with van der Waals surface area (Å²) in [6, 6.07) is 9.38.